The molecule has 1 saturated carbocycles. The zero-order chi connectivity index (χ0) is 38.1. The standard InChI is InChI=1S/C39H34ClF6N5O2/c1-5-30-32-29(40)9-8-26(35(32)50(4)48-30)25-7-6-23(10-11-38(2,3)53)47-33(25)20(12-19-13-21(41)16-22(42)14-19)15-24(52)18-51-36-31(34(49-51)37(43)44)27-17-28(27)39(36,45)46/h6-9,13-14,16,20,27-28,37,53H,5,12,15,17-18H2,1-4H3/t20-,27+,28-/m1/s1. The van der Waals surface area contributed by atoms with Crippen molar-refractivity contribution in [1.29, 1.82) is 0 Å². The third kappa shape index (κ3) is 6.83. The molecule has 1 N–H and O–H groups in total. The van der Waals surface area contributed by atoms with Crippen LogP contribution < -0.4 is 0 Å². The van der Waals surface area contributed by atoms with Gasteiger partial charge in [0.05, 0.1) is 21.9 Å². The molecule has 7 nitrogen and oxygen atoms in total. The van der Waals surface area contributed by atoms with Crippen molar-refractivity contribution in [3.8, 4) is 23.0 Å². The quantitative estimate of drug-likeness (QED) is 0.114. The zero-order valence-electron chi connectivity index (χ0n) is 29.1. The molecule has 0 saturated heterocycles. The number of hydrogen-bond donors (Lipinski definition) is 1. The van der Waals surface area contributed by atoms with Gasteiger partial charge >= 0.3 is 0 Å². The number of pyridine rings is 1. The Morgan fingerprint density at radius 3 is 2.43 bits per heavy atom. The van der Waals surface area contributed by atoms with Crippen LogP contribution in [0.25, 0.3) is 22.0 Å². The molecule has 2 aliphatic rings. The topological polar surface area (TPSA) is 85.8 Å². The van der Waals surface area contributed by atoms with Gasteiger partial charge in [-0.3, -0.25) is 14.2 Å². The summed E-state index contributed by atoms with van der Waals surface area (Å²) in [5.41, 5.74) is 0.207. The maximum Gasteiger partial charge on any atom is 0.293 e. The molecular weight excluding hydrogens is 720 g/mol. The number of carbonyl (C=O) groups excluding carboxylic acids is 1. The molecule has 2 aromatic carbocycles. The van der Waals surface area contributed by atoms with Gasteiger partial charge in [-0.1, -0.05) is 30.5 Å². The van der Waals surface area contributed by atoms with Gasteiger partial charge in [-0.25, -0.2) is 22.5 Å². The van der Waals surface area contributed by atoms with Crippen LogP contribution in [0, 0.1) is 29.4 Å². The lowest BCUT2D eigenvalue weighted by Crippen LogP contribution is -2.24. The van der Waals surface area contributed by atoms with Crippen LogP contribution in [0.5, 0.6) is 0 Å². The van der Waals surface area contributed by atoms with Crippen LogP contribution in [0.3, 0.4) is 0 Å². The molecular formula is C39H34ClF6N5O2. The van der Waals surface area contributed by atoms with E-state index < -0.39 is 77.5 Å². The molecule has 53 heavy (non-hydrogen) atoms. The van der Waals surface area contributed by atoms with E-state index >= 15 is 8.78 Å². The van der Waals surface area contributed by atoms with Crippen molar-refractivity contribution in [2.45, 2.75) is 82.8 Å². The number of benzene rings is 2. The Morgan fingerprint density at radius 2 is 1.77 bits per heavy atom. The van der Waals surface area contributed by atoms with Crippen molar-refractivity contribution in [2.75, 3.05) is 0 Å². The number of hydrogen-bond acceptors (Lipinski definition) is 5. The number of Topliss-reactive ketones (excluding diaryl/α,β-unsaturated/α-hetero) is 1. The minimum Gasteiger partial charge on any atom is -0.378 e. The number of aliphatic hydroxyl groups is 1. The Kier molecular flexibility index (Phi) is 9.22. The predicted molar refractivity (Wildman–Crippen MR) is 186 cm³/mol. The van der Waals surface area contributed by atoms with Crippen LogP contribution in [0.4, 0.5) is 26.3 Å². The minimum absolute atomic E-state index is 0.0706. The Labute approximate surface area is 306 Å². The van der Waals surface area contributed by atoms with Crippen molar-refractivity contribution < 1.29 is 36.2 Å². The summed E-state index contributed by atoms with van der Waals surface area (Å²) in [6.45, 7) is 4.18. The average molecular weight is 754 g/mol. The van der Waals surface area contributed by atoms with E-state index in [9.17, 15) is 27.5 Å². The van der Waals surface area contributed by atoms with Crippen LogP contribution >= 0.6 is 11.6 Å². The SMILES string of the molecule is CCc1nn(C)c2c(-c3ccc(C#CC(C)(C)O)nc3[C@@H](CC(=O)Cn3nc(C(F)F)c4c3C(F)(F)[C@@H]3C[C@H]43)Cc3cc(F)cc(F)c3)ccc(Cl)c12. The number of rotatable bonds is 10. The molecule has 0 aliphatic heterocycles. The summed E-state index contributed by atoms with van der Waals surface area (Å²) in [4.78, 5) is 18.8. The summed E-state index contributed by atoms with van der Waals surface area (Å²) in [6, 6.07) is 9.78. The van der Waals surface area contributed by atoms with Crippen molar-refractivity contribution in [3.63, 3.8) is 0 Å². The predicted octanol–water partition coefficient (Wildman–Crippen LogP) is 8.58. The van der Waals surface area contributed by atoms with Gasteiger partial charge in [-0.15, -0.1) is 0 Å². The van der Waals surface area contributed by atoms with Crippen LogP contribution in [0.2, 0.25) is 5.02 Å². The highest BCUT2D eigenvalue weighted by Crippen LogP contribution is 2.68. The van der Waals surface area contributed by atoms with Gasteiger partial charge in [0.25, 0.3) is 12.3 Å². The molecule has 0 bridgehead atoms. The molecule has 0 unspecified atom stereocenters. The highest BCUT2D eigenvalue weighted by molar-refractivity contribution is 6.36. The number of aryl methyl sites for hydroxylation is 2. The third-order valence-electron chi connectivity index (χ3n) is 9.81. The number of ketones is 1. The van der Waals surface area contributed by atoms with Gasteiger partial charge < -0.3 is 5.11 Å². The van der Waals surface area contributed by atoms with E-state index in [0.29, 0.717) is 44.2 Å². The second-order valence-electron chi connectivity index (χ2n) is 14.3. The lowest BCUT2D eigenvalue weighted by molar-refractivity contribution is -0.120. The fourth-order valence-corrected chi connectivity index (χ4v) is 7.85. The van der Waals surface area contributed by atoms with Gasteiger partial charge in [-0.05, 0) is 80.8 Å². The minimum atomic E-state index is -3.43. The molecule has 0 radical (unpaired) electrons. The van der Waals surface area contributed by atoms with Gasteiger partial charge in [0, 0.05) is 53.4 Å². The monoisotopic (exact) mass is 753 g/mol. The Bertz CT molecular complexity index is 2330. The van der Waals surface area contributed by atoms with Crippen molar-refractivity contribution >= 4 is 28.3 Å². The maximum atomic E-state index is 15.4. The number of carbonyl (C=O) groups is 1. The smallest absolute Gasteiger partial charge is 0.293 e. The first kappa shape index (κ1) is 36.7. The fraction of sp³-hybridized carbons (Fsp3) is 0.385. The largest absolute Gasteiger partial charge is 0.378 e. The second kappa shape index (κ2) is 13.3. The van der Waals surface area contributed by atoms with E-state index in [1.54, 1.807) is 36.0 Å². The molecule has 1 fully saturated rings. The highest BCUT2D eigenvalue weighted by atomic mass is 35.5. The number of halogens is 7. The van der Waals surface area contributed by atoms with Crippen LogP contribution in [0.1, 0.15) is 91.5 Å². The maximum absolute atomic E-state index is 15.4. The van der Waals surface area contributed by atoms with Crippen molar-refractivity contribution in [3.05, 3.63) is 98.7 Å². The normalized spacial score (nSPS) is 17.8. The Morgan fingerprint density at radius 1 is 1.08 bits per heavy atom. The van der Waals surface area contributed by atoms with Gasteiger partial charge in [0.1, 0.15) is 40.9 Å². The van der Waals surface area contributed by atoms with Gasteiger partial charge in [0.2, 0.25) is 0 Å². The van der Waals surface area contributed by atoms with Crippen molar-refractivity contribution in [2.24, 2.45) is 13.0 Å². The van der Waals surface area contributed by atoms with Crippen LogP contribution in [-0.2, 0) is 37.2 Å². The molecule has 7 rings (SSSR count). The van der Waals surface area contributed by atoms with Gasteiger partial charge in [0.15, 0.2) is 5.78 Å². The van der Waals surface area contributed by atoms with E-state index in [0.717, 1.165) is 17.8 Å². The first-order valence-electron chi connectivity index (χ1n) is 17.1. The second-order valence-corrected chi connectivity index (χ2v) is 14.7. The summed E-state index contributed by atoms with van der Waals surface area (Å²) in [5, 5.41) is 19.9. The number of alkyl halides is 4. The molecule has 2 aliphatic carbocycles. The lowest BCUT2D eigenvalue weighted by atomic mass is 9.86. The summed E-state index contributed by atoms with van der Waals surface area (Å²) in [5.74, 6) is -3.02. The van der Waals surface area contributed by atoms with E-state index in [1.165, 1.54) is 13.8 Å². The molecule has 3 heterocycles. The number of aromatic nitrogens is 5. The fourth-order valence-electron chi connectivity index (χ4n) is 7.59. The third-order valence-corrected chi connectivity index (χ3v) is 10.1. The van der Waals surface area contributed by atoms with E-state index in [4.69, 9.17) is 16.6 Å². The Hall–Kier alpha value is -4.67. The molecule has 3 atom stereocenters. The summed E-state index contributed by atoms with van der Waals surface area (Å²) < 4.78 is 90.1. The first-order valence-corrected chi connectivity index (χ1v) is 17.5. The van der Waals surface area contributed by atoms with E-state index in [1.807, 2.05) is 6.92 Å². The molecule has 276 valence electrons. The summed E-state index contributed by atoms with van der Waals surface area (Å²) in [7, 11) is 1.75. The molecule has 3 aromatic heterocycles. The summed E-state index contributed by atoms with van der Waals surface area (Å²) in [6.07, 6.45) is -3.00. The van der Waals surface area contributed by atoms with E-state index in [2.05, 4.69) is 22.0 Å². The molecule has 0 spiro atoms. The highest BCUT2D eigenvalue weighted by Gasteiger charge is 2.67. The van der Waals surface area contributed by atoms with Crippen LogP contribution in [-0.4, -0.2) is 41.0 Å². The first-order chi connectivity index (χ1) is 25.0. The number of nitrogens with zero attached hydrogens (tertiary/aromatic N) is 5. The van der Waals surface area contributed by atoms with Crippen LogP contribution in [0.15, 0.2) is 42.5 Å². The Balaban J connectivity index is 1.37. The lowest BCUT2D eigenvalue weighted by Gasteiger charge is -2.22. The van der Waals surface area contributed by atoms with Crippen molar-refractivity contribution in [1.82, 2.24) is 24.5 Å². The van der Waals surface area contributed by atoms with E-state index in [-0.39, 0.29) is 35.4 Å². The molecule has 5 aromatic rings. The zero-order valence-corrected chi connectivity index (χ0v) is 29.9. The molecule has 14 heteroatoms. The van der Waals surface area contributed by atoms with Gasteiger partial charge in [-0.2, -0.15) is 19.0 Å². The molecule has 0 amide bonds. The number of fused-ring (bicyclic) bond motifs is 4. The average Bonchev–Trinajstić information content (AvgIpc) is 3.60. The summed E-state index contributed by atoms with van der Waals surface area (Å²) >= 11 is 6.67.